The van der Waals surface area contributed by atoms with Gasteiger partial charge >= 0.3 is 5.97 Å². The van der Waals surface area contributed by atoms with Gasteiger partial charge in [-0.05, 0) is 25.3 Å². The average molecular weight is 391 g/mol. The van der Waals surface area contributed by atoms with Gasteiger partial charge in [0.05, 0.1) is 0 Å². The Bertz CT molecular complexity index is 1030. The van der Waals surface area contributed by atoms with Crippen LogP contribution < -0.4 is 10.7 Å². The first kappa shape index (κ1) is 20.2. The number of carbonyl (C=O) groups excluding carboxylic acids is 1. The molecule has 8 nitrogen and oxygen atoms in total. The Hall–Kier alpha value is -3.13. The molecule has 3 N–H and O–H groups in total. The van der Waals surface area contributed by atoms with Crippen LogP contribution in [0.3, 0.4) is 0 Å². The number of carbonyl (C=O) groups is 2. The molecule has 0 aliphatic carbocycles. The fourth-order valence-corrected chi connectivity index (χ4v) is 2.78. The van der Waals surface area contributed by atoms with E-state index >= 15 is 0 Å². The largest absolute Gasteiger partial charge is 0.480 e. The van der Waals surface area contributed by atoms with Crippen molar-refractivity contribution in [1.29, 1.82) is 0 Å². The van der Waals surface area contributed by atoms with Gasteiger partial charge in [0.25, 0.3) is 5.91 Å². The van der Waals surface area contributed by atoms with Gasteiger partial charge in [0.1, 0.15) is 17.9 Å². The van der Waals surface area contributed by atoms with E-state index in [9.17, 15) is 14.4 Å². The van der Waals surface area contributed by atoms with Crippen molar-refractivity contribution in [3.05, 3.63) is 69.3 Å². The van der Waals surface area contributed by atoms with Crippen molar-refractivity contribution in [2.75, 3.05) is 6.54 Å². The van der Waals surface area contributed by atoms with Crippen molar-refractivity contribution in [3.8, 4) is 0 Å². The number of aromatic amines is 1. The van der Waals surface area contributed by atoms with E-state index in [0.717, 1.165) is 12.0 Å². The van der Waals surface area contributed by atoms with Gasteiger partial charge in [0.2, 0.25) is 0 Å². The van der Waals surface area contributed by atoms with E-state index in [2.05, 4.69) is 15.4 Å². The van der Waals surface area contributed by atoms with E-state index in [1.54, 1.807) is 11.4 Å². The number of nitrogens with zero attached hydrogens (tertiary/aromatic N) is 2. The quantitative estimate of drug-likeness (QED) is 0.587. The Labute approximate surface area is 160 Å². The van der Waals surface area contributed by atoms with Crippen LogP contribution in [-0.4, -0.2) is 38.1 Å². The topological polar surface area (TPSA) is 117 Å². The number of rotatable bonds is 6. The third-order valence-corrected chi connectivity index (χ3v) is 3.95. The Balaban J connectivity index is 0.00000261. The van der Waals surface area contributed by atoms with E-state index < -0.39 is 23.9 Å². The van der Waals surface area contributed by atoms with Crippen LogP contribution >= 0.6 is 12.4 Å². The molecule has 0 spiro atoms. The lowest BCUT2D eigenvalue weighted by Crippen LogP contribution is -2.33. The number of aliphatic carboxylic acids is 1. The molecule has 0 aliphatic heterocycles. The van der Waals surface area contributed by atoms with Crippen LogP contribution in [0, 0.1) is 6.92 Å². The number of hydrogen-bond donors (Lipinski definition) is 3. The maximum absolute atomic E-state index is 12.5. The Kier molecular flexibility index (Phi) is 6.36. The number of carboxylic acids is 1. The molecule has 3 aromatic rings. The van der Waals surface area contributed by atoms with Crippen LogP contribution in [0.25, 0.3) is 5.65 Å². The summed E-state index contributed by atoms with van der Waals surface area (Å²) in [4.78, 5) is 39.6. The zero-order valence-electron chi connectivity index (χ0n) is 14.6. The maximum Gasteiger partial charge on any atom is 0.322 e. The zero-order chi connectivity index (χ0) is 18.7. The number of halogens is 1. The van der Waals surface area contributed by atoms with E-state index in [4.69, 9.17) is 5.11 Å². The highest BCUT2D eigenvalue weighted by Gasteiger charge is 2.20. The lowest BCUT2D eigenvalue weighted by Gasteiger charge is -2.08. The molecule has 2 heterocycles. The van der Waals surface area contributed by atoms with Crippen molar-refractivity contribution < 1.29 is 14.7 Å². The van der Waals surface area contributed by atoms with Crippen LogP contribution in [0.5, 0.6) is 0 Å². The summed E-state index contributed by atoms with van der Waals surface area (Å²) in [5, 5.41) is 13.9. The number of aromatic nitrogens is 3. The highest BCUT2D eigenvalue weighted by molar-refractivity contribution is 6.00. The van der Waals surface area contributed by atoms with Gasteiger partial charge in [-0.25, -0.2) is 9.50 Å². The van der Waals surface area contributed by atoms with Crippen LogP contribution in [0.2, 0.25) is 0 Å². The molecular formula is C18H19ClN4O4. The smallest absolute Gasteiger partial charge is 0.322 e. The van der Waals surface area contributed by atoms with Gasteiger partial charge in [-0.3, -0.25) is 19.5 Å². The second kappa shape index (κ2) is 8.50. The first-order valence-electron chi connectivity index (χ1n) is 8.11. The summed E-state index contributed by atoms with van der Waals surface area (Å²) in [6, 6.07) is 11.2. The molecule has 0 saturated carbocycles. The Morgan fingerprint density at radius 3 is 2.59 bits per heavy atom. The molecule has 3 rings (SSSR count). The molecule has 0 unspecified atom stereocenters. The molecule has 142 valence electrons. The highest BCUT2D eigenvalue weighted by atomic mass is 35.5. The van der Waals surface area contributed by atoms with Crippen molar-refractivity contribution >= 4 is 29.9 Å². The second-order valence-corrected chi connectivity index (χ2v) is 5.90. The fraction of sp³-hybridized carbons (Fsp3) is 0.222. The lowest BCUT2D eigenvalue weighted by molar-refractivity contribution is -0.135. The number of amides is 1. The molecule has 0 atom stereocenters. The summed E-state index contributed by atoms with van der Waals surface area (Å²) < 4.78 is 1.61. The molecule has 27 heavy (non-hydrogen) atoms. The molecule has 0 bridgehead atoms. The Morgan fingerprint density at radius 1 is 1.22 bits per heavy atom. The van der Waals surface area contributed by atoms with Crippen molar-refractivity contribution in [2.45, 2.75) is 19.8 Å². The van der Waals surface area contributed by atoms with Crippen molar-refractivity contribution in [3.63, 3.8) is 0 Å². The molecule has 0 fully saturated rings. The molecule has 9 heteroatoms. The second-order valence-electron chi connectivity index (χ2n) is 5.90. The van der Waals surface area contributed by atoms with Gasteiger partial charge in [-0.1, -0.05) is 30.3 Å². The van der Waals surface area contributed by atoms with E-state index in [1.807, 2.05) is 30.3 Å². The number of carboxylic acid groups (broad SMARTS) is 1. The van der Waals surface area contributed by atoms with Gasteiger partial charge in [0.15, 0.2) is 11.1 Å². The summed E-state index contributed by atoms with van der Waals surface area (Å²) in [5.74, 6) is -1.40. The minimum atomic E-state index is -1.19. The molecule has 0 aliphatic rings. The zero-order valence-corrected chi connectivity index (χ0v) is 15.4. The summed E-state index contributed by atoms with van der Waals surface area (Å²) in [6.45, 7) is 1.15. The van der Waals surface area contributed by atoms with Crippen molar-refractivity contribution in [2.24, 2.45) is 0 Å². The van der Waals surface area contributed by atoms with Gasteiger partial charge in [0, 0.05) is 11.8 Å². The van der Waals surface area contributed by atoms with Gasteiger partial charge in [-0.15, -0.1) is 12.4 Å². The third-order valence-electron chi connectivity index (χ3n) is 3.95. The Morgan fingerprint density at radius 2 is 1.93 bits per heavy atom. The molecule has 0 saturated heterocycles. The number of hydrogen-bond acceptors (Lipinski definition) is 4. The average Bonchev–Trinajstić information content (AvgIpc) is 2.99. The number of aryl methyl sites for hydroxylation is 3. The first-order chi connectivity index (χ1) is 12.5. The minimum absolute atomic E-state index is 0. The van der Waals surface area contributed by atoms with Crippen LogP contribution in [0.4, 0.5) is 0 Å². The summed E-state index contributed by atoms with van der Waals surface area (Å²) in [7, 11) is 0. The summed E-state index contributed by atoms with van der Waals surface area (Å²) in [5.41, 5.74) is 1.37. The van der Waals surface area contributed by atoms with E-state index in [0.29, 0.717) is 17.9 Å². The monoisotopic (exact) mass is 390 g/mol. The fourth-order valence-electron chi connectivity index (χ4n) is 2.78. The highest BCUT2D eigenvalue weighted by Crippen LogP contribution is 2.11. The molecule has 2 aromatic heterocycles. The third kappa shape index (κ3) is 4.53. The normalized spacial score (nSPS) is 10.4. The van der Waals surface area contributed by atoms with Gasteiger partial charge in [-0.2, -0.15) is 0 Å². The predicted octanol–water partition coefficient (Wildman–Crippen LogP) is 1.35. The lowest BCUT2D eigenvalue weighted by atomic mass is 10.1. The number of pyridine rings is 1. The standard InChI is InChI=1S/C18H18N4O4.ClH/c1-11-20-17-16(18(26)19-10-15(24)25)14(23)9-13(22(17)21-11)8-7-12-5-3-2-4-6-12;/h2-6,9H,7-8,10H2,1H3,(H,19,26)(H,20,21)(H,24,25);1H. The van der Waals surface area contributed by atoms with E-state index in [1.165, 1.54) is 6.07 Å². The van der Waals surface area contributed by atoms with Crippen LogP contribution in [0.1, 0.15) is 27.4 Å². The summed E-state index contributed by atoms with van der Waals surface area (Å²) >= 11 is 0. The van der Waals surface area contributed by atoms with Crippen LogP contribution in [-0.2, 0) is 17.6 Å². The SMILES string of the molecule is Cc1nc2c(C(=O)NCC(=O)O)c(=O)cc(CCc3ccccc3)n2[nH]1.Cl. The minimum Gasteiger partial charge on any atom is -0.480 e. The predicted molar refractivity (Wildman–Crippen MR) is 102 cm³/mol. The van der Waals surface area contributed by atoms with E-state index in [-0.39, 0.29) is 23.6 Å². The van der Waals surface area contributed by atoms with Gasteiger partial charge < -0.3 is 10.4 Å². The number of nitrogens with one attached hydrogen (secondary N) is 2. The maximum atomic E-state index is 12.5. The van der Waals surface area contributed by atoms with Crippen molar-refractivity contribution in [1.82, 2.24) is 19.9 Å². The van der Waals surface area contributed by atoms with Crippen LogP contribution in [0.15, 0.2) is 41.2 Å². The number of fused-ring (bicyclic) bond motifs is 1. The molecule has 0 radical (unpaired) electrons. The molecule has 1 aromatic carbocycles. The molecular weight excluding hydrogens is 372 g/mol. The summed E-state index contributed by atoms with van der Waals surface area (Å²) in [6.07, 6.45) is 1.31. The number of H-pyrrole nitrogens is 1. The first-order valence-corrected chi connectivity index (χ1v) is 8.11. The molecule has 1 amide bonds. The number of benzene rings is 1.